The monoisotopic (exact) mass is 378 g/mol. The van der Waals surface area contributed by atoms with Gasteiger partial charge in [0.25, 0.3) is 0 Å². The van der Waals surface area contributed by atoms with Crippen molar-refractivity contribution in [3.63, 3.8) is 0 Å². The summed E-state index contributed by atoms with van der Waals surface area (Å²) in [6, 6.07) is 8.06. The zero-order chi connectivity index (χ0) is 19.5. The first kappa shape index (κ1) is 21.5. The van der Waals surface area contributed by atoms with Gasteiger partial charge in [0.05, 0.1) is 19.8 Å². The number of methoxy groups -OCH3 is 1. The minimum absolute atomic E-state index is 0.0442. The molecule has 0 aliphatic carbocycles. The molecule has 0 bridgehead atoms. The van der Waals surface area contributed by atoms with Crippen LogP contribution in [0.5, 0.6) is 5.75 Å². The Kier molecular flexibility index (Phi) is 8.84. The highest BCUT2D eigenvalue weighted by Gasteiger charge is 2.28. The van der Waals surface area contributed by atoms with Crippen LogP contribution in [-0.2, 0) is 16.0 Å². The van der Waals surface area contributed by atoms with Crippen molar-refractivity contribution in [1.29, 1.82) is 0 Å². The molecular formula is C20H34N4O3. The molecule has 1 fully saturated rings. The molecular weight excluding hydrogens is 344 g/mol. The minimum Gasteiger partial charge on any atom is -0.491 e. The van der Waals surface area contributed by atoms with Gasteiger partial charge in [-0.2, -0.15) is 0 Å². The molecule has 1 heterocycles. The molecule has 7 nitrogen and oxygen atoms in total. The van der Waals surface area contributed by atoms with Crippen molar-refractivity contribution in [3.8, 4) is 5.75 Å². The average Bonchev–Trinajstić information content (AvgIpc) is 2.70. The Balaban J connectivity index is 1.76. The highest BCUT2D eigenvalue weighted by atomic mass is 16.5. The lowest BCUT2D eigenvalue weighted by Crippen LogP contribution is -2.56. The van der Waals surface area contributed by atoms with E-state index < -0.39 is 0 Å². The summed E-state index contributed by atoms with van der Waals surface area (Å²) in [6.07, 6.45) is 0. The van der Waals surface area contributed by atoms with Crippen LogP contribution < -0.4 is 15.4 Å². The zero-order valence-corrected chi connectivity index (χ0v) is 17.1. The van der Waals surface area contributed by atoms with Crippen molar-refractivity contribution in [3.05, 3.63) is 29.8 Å². The van der Waals surface area contributed by atoms with Gasteiger partial charge in [0.15, 0.2) is 5.96 Å². The Morgan fingerprint density at radius 2 is 1.85 bits per heavy atom. The van der Waals surface area contributed by atoms with Crippen LogP contribution >= 0.6 is 0 Å². The summed E-state index contributed by atoms with van der Waals surface area (Å²) < 4.78 is 16.0. The van der Waals surface area contributed by atoms with E-state index in [9.17, 15) is 0 Å². The van der Waals surface area contributed by atoms with Crippen LogP contribution in [0, 0.1) is 0 Å². The number of benzene rings is 1. The third-order valence-electron chi connectivity index (χ3n) is 4.72. The van der Waals surface area contributed by atoms with Crippen LogP contribution in [0.25, 0.3) is 0 Å². The summed E-state index contributed by atoms with van der Waals surface area (Å²) in [5.41, 5.74) is 1.22. The number of hydrogen-bond acceptors (Lipinski definition) is 5. The summed E-state index contributed by atoms with van der Waals surface area (Å²) in [6.45, 7) is 10.7. The number of nitrogens with zero attached hydrogens (tertiary/aromatic N) is 2. The summed E-state index contributed by atoms with van der Waals surface area (Å²) in [5.74, 6) is 1.65. The normalized spacial score (nSPS) is 16.2. The van der Waals surface area contributed by atoms with E-state index >= 15 is 0 Å². The average molecular weight is 379 g/mol. The number of nitrogens with one attached hydrogen (secondary N) is 2. The lowest BCUT2D eigenvalue weighted by molar-refractivity contribution is -0.00834. The van der Waals surface area contributed by atoms with Crippen LogP contribution in [0.15, 0.2) is 29.3 Å². The summed E-state index contributed by atoms with van der Waals surface area (Å²) in [5, 5.41) is 6.81. The predicted molar refractivity (Wildman–Crippen MR) is 108 cm³/mol. The second-order valence-electron chi connectivity index (χ2n) is 7.18. The number of ether oxygens (including phenoxy) is 3. The van der Waals surface area contributed by atoms with Gasteiger partial charge in [0, 0.05) is 45.9 Å². The fourth-order valence-electron chi connectivity index (χ4n) is 2.93. The third-order valence-corrected chi connectivity index (χ3v) is 4.72. The van der Waals surface area contributed by atoms with E-state index in [2.05, 4.69) is 46.5 Å². The molecule has 0 radical (unpaired) electrons. The second kappa shape index (κ2) is 11.1. The predicted octanol–water partition coefficient (Wildman–Crippen LogP) is 1.49. The van der Waals surface area contributed by atoms with E-state index in [4.69, 9.17) is 14.2 Å². The highest BCUT2D eigenvalue weighted by molar-refractivity contribution is 5.79. The van der Waals surface area contributed by atoms with Gasteiger partial charge >= 0.3 is 0 Å². The van der Waals surface area contributed by atoms with Gasteiger partial charge < -0.3 is 24.8 Å². The van der Waals surface area contributed by atoms with Gasteiger partial charge in [0.2, 0.25) is 0 Å². The first-order valence-corrected chi connectivity index (χ1v) is 9.53. The van der Waals surface area contributed by atoms with Crippen molar-refractivity contribution in [2.45, 2.75) is 25.9 Å². The summed E-state index contributed by atoms with van der Waals surface area (Å²) >= 11 is 0. The molecule has 1 aromatic rings. The topological polar surface area (TPSA) is 67.4 Å². The molecule has 0 saturated carbocycles. The van der Waals surface area contributed by atoms with Gasteiger partial charge in [-0.25, -0.2) is 0 Å². The Morgan fingerprint density at radius 1 is 1.15 bits per heavy atom. The molecule has 1 aromatic carbocycles. The summed E-state index contributed by atoms with van der Waals surface area (Å²) in [7, 11) is 3.46. The van der Waals surface area contributed by atoms with Crippen molar-refractivity contribution >= 4 is 5.96 Å². The molecule has 0 unspecified atom stereocenters. The fraction of sp³-hybridized carbons (Fsp3) is 0.650. The molecule has 1 aliphatic heterocycles. The quantitative estimate of drug-likeness (QED) is 0.386. The number of morpholine rings is 1. The molecule has 2 rings (SSSR count). The molecule has 152 valence electrons. The first-order chi connectivity index (χ1) is 13.0. The SMILES string of the molecule is CN=C(NCc1ccc(OCCOC)cc1)NCC(C)(C)N1CCOCC1. The van der Waals surface area contributed by atoms with Crippen LogP contribution in [0.1, 0.15) is 19.4 Å². The van der Waals surface area contributed by atoms with Crippen LogP contribution in [0.3, 0.4) is 0 Å². The van der Waals surface area contributed by atoms with Crippen molar-refractivity contribution in [2.75, 3.05) is 60.2 Å². The molecule has 0 spiro atoms. The van der Waals surface area contributed by atoms with Gasteiger partial charge in [-0.1, -0.05) is 12.1 Å². The molecule has 1 saturated heterocycles. The van der Waals surface area contributed by atoms with Crippen molar-refractivity contribution < 1.29 is 14.2 Å². The molecule has 2 N–H and O–H groups in total. The van der Waals surface area contributed by atoms with E-state index in [1.807, 2.05) is 12.1 Å². The Hall–Kier alpha value is -1.83. The Labute approximate surface area is 163 Å². The Bertz CT molecular complexity index is 569. The first-order valence-electron chi connectivity index (χ1n) is 9.53. The Morgan fingerprint density at radius 3 is 2.48 bits per heavy atom. The zero-order valence-electron chi connectivity index (χ0n) is 17.1. The van der Waals surface area contributed by atoms with Gasteiger partial charge in [-0.15, -0.1) is 0 Å². The van der Waals surface area contributed by atoms with Gasteiger partial charge in [-0.05, 0) is 31.5 Å². The smallest absolute Gasteiger partial charge is 0.191 e. The molecule has 0 amide bonds. The maximum absolute atomic E-state index is 5.59. The maximum atomic E-state index is 5.59. The lowest BCUT2D eigenvalue weighted by atomic mass is 10.0. The maximum Gasteiger partial charge on any atom is 0.191 e. The van der Waals surface area contributed by atoms with E-state index in [1.165, 1.54) is 5.56 Å². The van der Waals surface area contributed by atoms with Gasteiger partial charge in [-0.3, -0.25) is 9.89 Å². The number of guanidine groups is 1. The van der Waals surface area contributed by atoms with E-state index in [0.29, 0.717) is 19.8 Å². The molecule has 7 heteroatoms. The number of hydrogen-bond donors (Lipinski definition) is 2. The highest BCUT2D eigenvalue weighted by Crippen LogP contribution is 2.15. The molecule has 27 heavy (non-hydrogen) atoms. The molecule has 0 aromatic heterocycles. The van der Waals surface area contributed by atoms with Crippen molar-refractivity contribution in [2.24, 2.45) is 4.99 Å². The van der Waals surface area contributed by atoms with Crippen LogP contribution in [0.2, 0.25) is 0 Å². The standard InChI is InChI=1S/C20H34N4O3/c1-20(2,24-9-11-26-12-10-24)16-23-19(21-3)22-15-17-5-7-18(8-6-17)27-14-13-25-4/h5-8H,9-16H2,1-4H3,(H2,21,22,23). The van der Waals surface area contributed by atoms with Gasteiger partial charge in [0.1, 0.15) is 12.4 Å². The van der Waals surface area contributed by atoms with E-state index in [1.54, 1.807) is 14.2 Å². The lowest BCUT2D eigenvalue weighted by Gasteiger charge is -2.41. The second-order valence-corrected chi connectivity index (χ2v) is 7.18. The van der Waals surface area contributed by atoms with E-state index in [0.717, 1.165) is 44.6 Å². The van der Waals surface area contributed by atoms with Crippen LogP contribution in [0.4, 0.5) is 0 Å². The molecule has 1 aliphatic rings. The van der Waals surface area contributed by atoms with Crippen molar-refractivity contribution in [1.82, 2.24) is 15.5 Å². The minimum atomic E-state index is 0.0442. The summed E-state index contributed by atoms with van der Waals surface area (Å²) in [4.78, 5) is 6.79. The fourth-order valence-corrected chi connectivity index (χ4v) is 2.93. The van der Waals surface area contributed by atoms with Crippen LogP contribution in [-0.4, -0.2) is 76.6 Å². The number of rotatable bonds is 9. The number of aliphatic imine (C=N–C) groups is 1. The molecule has 0 atom stereocenters. The largest absolute Gasteiger partial charge is 0.491 e. The van der Waals surface area contributed by atoms with E-state index in [-0.39, 0.29) is 5.54 Å². The third kappa shape index (κ3) is 7.36.